The number of halogens is 2. The van der Waals surface area contributed by atoms with Crippen molar-refractivity contribution in [1.29, 1.82) is 0 Å². The first kappa shape index (κ1) is 26.7. The molecule has 0 saturated carbocycles. The first-order valence-corrected chi connectivity index (χ1v) is 14.1. The van der Waals surface area contributed by atoms with Crippen LogP contribution in [-0.4, -0.2) is 27.4 Å². The molecule has 5 aromatic rings. The van der Waals surface area contributed by atoms with E-state index in [9.17, 15) is 0 Å². The Balaban J connectivity index is 1.50. The maximum Gasteiger partial charge on any atom is 0.250 e. The summed E-state index contributed by atoms with van der Waals surface area (Å²) < 4.78 is 2.25. The number of hydrogen-bond donors (Lipinski definition) is 2. The van der Waals surface area contributed by atoms with E-state index >= 15 is 0 Å². The van der Waals surface area contributed by atoms with Crippen LogP contribution in [0.4, 0.5) is 29.2 Å². The van der Waals surface area contributed by atoms with E-state index in [1.54, 1.807) is 12.4 Å². The van der Waals surface area contributed by atoms with E-state index in [0.29, 0.717) is 5.95 Å². The highest BCUT2D eigenvalue weighted by Gasteiger charge is 2.17. The van der Waals surface area contributed by atoms with Crippen molar-refractivity contribution in [2.24, 2.45) is 10.2 Å². The van der Waals surface area contributed by atoms with Crippen molar-refractivity contribution in [3.05, 3.63) is 127 Å². The van der Waals surface area contributed by atoms with Crippen LogP contribution in [0.15, 0.2) is 119 Å². The SMILES string of the molecule is Ic1cccc(C=NNc2nc(NN=Cc3cccc(I)c3)nc(N(c3ccccc3)c3ccccc3)n2)c1. The Morgan fingerprint density at radius 1 is 0.564 bits per heavy atom. The van der Waals surface area contributed by atoms with E-state index in [2.05, 4.69) is 71.2 Å². The van der Waals surface area contributed by atoms with Gasteiger partial charge in [0, 0.05) is 18.5 Å². The third-order valence-electron chi connectivity index (χ3n) is 5.31. The van der Waals surface area contributed by atoms with Gasteiger partial charge in [0.1, 0.15) is 0 Å². The van der Waals surface area contributed by atoms with E-state index < -0.39 is 0 Å². The molecule has 0 saturated heterocycles. The van der Waals surface area contributed by atoms with Crippen molar-refractivity contribution < 1.29 is 0 Å². The minimum absolute atomic E-state index is 0.269. The summed E-state index contributed by atoms with van der Waals surface area (Å²) in [5.41, 5.74) is 9.62. The van der Waals surface area contributed by atoms with Crippen LogP contribution in [0, 0.1) is 7.14 Å². The van der Waals surface area contributed by atoms with Crippen LogP contribution in [0.25, 0.3) is 0 Å². The Bertz CT molecular complexity index is 1480. The van der Waals surface area contributed by atoms with Gasteiger partial charge in [-0.15, -0.1) is 0 Å². The van der Waals surface area contributed by atoms with Crippen molar-refractivity contribution >= 4 is 86.8 Å². The zero-order valence-corrected chi connectivity index (χ0v) is 24.8. The molecule has 0 fully saturated rings. The van der Waals surface area contributed by atoms with Crippen LogP contribution < -0.4 is 15.8 Å². The molecule has 5 rings (SSSR count). The molecule has 0 unspecified atom stereocenters. The number of anilines is 5. The van der Waals surface area contributed by atoms with E-state index in [4.69, 9.17) is 9.97 Å². The third kappa shape index (κ3) is 7.57. The van der Waals surface area contributed by atoms with Crippen molar-refractivity contribution in [3.8, 4) is 0 Å². The van der Waals surface area contributed by atoms with Crippen LogP contribution in [0.5, 0.6) is 0 Å². The standard InChI is InChI=1S/C29H22I2N8/c30-23-11-7-9-21(17-23)19-32-37-27-34-28(38-33-20-22-10-8-12-24(31)18-22)36-29(35-27)39(25-13-3-1-4-14-25)26-15-5-2-6-16-26/h1-20H,(H2,34,35,36,37,38). The molecule has 192 valence electrons. The lowest BCUT2D eigenvalue weighted by Crippen LogP contribution is -2.16. The Kier molecular flexibility index (Phi) is 9.06. The predicted octanol–water partition coefficient (Wildman–Crippen LogP) is 7.44. The van der Waals surface area contributed by atoms with Gasteiger partial charge in [-0.1, -0.05) is 60.7 Å². The quantitative estimate of drug-likeness (QED) is 0.0930. The smallest absolute Gasteiger partial charge is 0.250 e. The molecule has 10 heteroatoms. The lowest BCUT2D eigenvalue weighted by Gasteiger charge is -2.23. The van der Waals surface area contributed by atoms with Gasteiger partial charge in [0.15, 0.2) is 0 Å². The molecule has 4 aromatic carbocycles. The minimum Gasteiger partial charge on any atom is -0.279 e. The highest BCUT2D eigenvalue weighted by atomic mass is 127. The predicted molar refractivity (Wildman–Crippen MR) is 175 cm³/mol. The molecule has 0 amide bonds. The third-order valence-corrected chi connectivity index (χ3v) is 6.65. The first-order chi connectivity index (χ1) is 19.1. The molecule has 0 atom stereocenters. The van der Waals surface area contributed by atoms with Gasteiger partial charge in [-0.05, 0) is 105 Å². The second kappa shape index (κ2) is 13.2. The first-order valence-electron chi connectivity index (χ1n) is 11.9. The maximum absolute atomic E-state index is 4.70. The number of nitrogens with one attached hydrogen (secondary N) is 2. The molecule has 0 aliphatic carbocycles. The van der Waals surface area contributed by atoms with E-state index in [1.807, 2.05) is 114 Å². The van der Waals surface area contributed by atoms with Gasteiger partial charge >= 0.3 is 0 Å². The summed E-state index contributed by atoms with van der Waals surface area (Å²) in [6.07, 6.45) is 3.44. The van der Waals surface area contributed by atoms with E-state index in [-0.39, 0.29) is 11.9 Å². The summed E-state index contributed by atoms with van der Waals surface area (Å²) in [5, 5.41) is 8.72. The summed E-state index contributed by atoms with van der Waals surface area (Å²) in [4.78, 5) is 15.8. The van der Waals surface area contributed by atoms with Gasteiger partial charge < -0.3 is 0 Å². The fourth-order valence-electron chi connectivity index (χ4n) is 3.60. The molecule has 0 aliphatic rings. The molecule has 0 bridgehead atoms. The molecule has 0 spiro atoms. The average molecular weight is 736 g/mol. The average Bonchev–Trinajstić information content (AvgIpc) is 2.95. The Morgan fingerprint density at radius 3 is 1.46 bits per heavy atom. The molecule has 1 aromatic heterocycles. The number of benzene rings is 4. The normalized spacial score (nSPS) is 11.1. The number of hydrazone groups is 2. The van der Waals surface area contributed by atoms with Gasteiger partial charge in [0.05, 0.1) is 12.4 Å². The molecule has 2 N–H and O–H groups in total. The summed E-state index contributed by atoms with van der Waals surface area (Å²) in [7, 11) is 0. The second-order valence-electron chi connectivity index (χ2n) is 8.14. The maximum atomic E-state index is 4.70. The molecule has 8 nitrogen and oxygen atoms in total. The topological polar surface area (TPSA) is 90.7 Å². The fourth-order valence-corrected chi connectivity index (χ4v) is 4.74. The molecule has 1 heterocycles. The van der Waals surface area contributed by atoms with E-state index in [1.165, 1.54) is 0 Å². The Morgan fingerprint density at radius 2 is 1.03 bits per heavy atom. The molecular formula is C29H22I2N8. The minimum atomic E-state index is 0.269. The highest BCUT2D eigenvalue weighted by Crippen LogP contribution is 2.32. The summed E-state index contributed by atoms with van der Waals surface area (Å²) in [6.45, 7) is 0. The lowest BCUT2D eigenvalue weighted by molar-refractivity contribution is 0.991. The number of aromatic nitrogens is 3. The lowest BCUT2D eigenvalue weighted by atomic mass is 10.2. The fraction of sp³-hybridized carbons (Fsp3) is 0. The molecule has 39 heavy (non-hydrogen) atoms. The summed E-state index contributed by atoms with van der Waals surface area (Å²) >= 11 is 4.54. The number of para-hydroxylation sites is 2. The van der Waals surface area contributed by atoms with Crippen LogP contribution in [0.2, 0.25) is 0 Å². The Labute approximate surface area is 253 Å². The van der Waals surface area contributed by atoms with Crippen LogP contribution in [0.3, 0.4) is 0 Å². The molecule has 0 radical (unpaired) electrons. The molecule has 0 aliphatic heterocycles. The van der Waals surface area contributed by atoms with Crippen molar-refractivity contribution in [2.45, 2.75) is 0 Å². The van der Waals surface area contributed by atoms with Gasteiger partial charge in [0.2, 0.25) is 17.8 Å². The van der Waals surface area contributed by atoms with Gasteiger partial charge in [-0.25, -0.2) is 10.9 Å². The Hall–Kier alpha value is -3.91. The van der Waals surface area contributed by atoms with E-state index in [0.717, 1.165) is 29.6 Å². The van der Waals surface area contributed by atoms with Crippen molar-refractivity contribution in [2.75, 3.05) is 15.8 Å². The van der Waals surface area contributed by atoms with Gasteiger partial charge in [-0.2, -0.15) is 25.2 Å². The second-order valence-corrected chi connectivity index (χ2v) is 10.6. The number of rotatable bonds is 9. The van der Waals surface area contributed by atoms with Crippen molar-refractivity contribution in [3.63, 3.8) is 0 Å². The van der Waals surface area contributed by atoms with Crippen LogP contribution in [0.1, 0.15) is 11.1 Å². The summed E-state index contributed by atoms with van der Waals surface area (Å²) in [6, 6.07) is 35.9. The monoisotopic (exact) mass is 736 g/mol. The van der Waals surface area contributed by atoms with Gasteiger partial charge in [0.25, 0.3) is 0 Å². The number of nitrogens with zero attached hydrogens (tertiary/aromatic N) is 6. The van der Waals surface area contributed by atoms with Crippen LogP contribution in [-0.2, 0) is 0 Å². The highest BCUT2D eigenvalue weighted by molar-refractivity contribution is 14.1. The molecular weight excluding hydrogens is 714 g/mol. The largest absolute Gasteiger partial charge is 0.279 e. The van der Waals surface area contributed by atoms with Crippen LogP contribution >= 0.6 is 45.2 Å². The summed E-state index contributed by atoms with van der Waals surface area (Å²) in [5.74, 6) is 0.942. The zero-order valence-electron chi connectivity index (χ0n) is 20.5. The zero-order chi connectivity index (χ0) is 26.9. The van der Waals surface area contributed by atoms with Gasteiger partial charge in [-0.3, -0.25) is 4.90 Å². The number of hydrogen-bond acceptors (Lipinski definition) is 8. The van der Waals surface area contributed by atoms with Crippen molar-refractivity contribution in [1.82, 2.24) is 15.0 Å².